The molecule has 1 aliphatic heterocycles. The summed E-state index contributed by atoms with van der Waals surface area (Å²) in [6.07, 6.45) is 1.07. The van der Waals surface area contributed by atoms with Gasteiger partial charge < -0.3 is 0 Å². The zero-order valence-corrected chi connectivity index (χ0v) is 8.48. The lowest BCUT2D eigenvalue weighted by Gasteiger charge is -2.13. The third-order valence-corrected chi connectivity index (χ3v) is 2.62. The molecule has 0 aromatic heterocycles. The second-order valence-electron chi connectivity index (χ2n) is 2.92. The molecule has 0 aromatic rings. The molecule has 0 amide bonds. The van der Waals surface area contributed by atoms with Gasteiger partial charge in [-0.05, 0) is 13.0 Å². The van der Waals surface area contributed by atoms with Gasteiger partial charge in [0, 0.05) is 17.4 Å². The predicted molar refractivity (Wildman–Crippen MR) is 49.5 cm³/mol. The minimum atomic E-state index is -2.41. The van der Waals surface area contributed by atoms with Crippen LogP contribution >= 0.6 is 22.6 Å². The summed E-state index contributed by atoms with van der Waals surface area (Å²) >= 11 is 2.27. The van der Waals surface area contributed by atoms with Gasteiger partial charge in [0.05, 0.1) is 6.54 Å². The molecule has 1 heterocycles. The van der Waals surface area contributed by atoms with Crippen LogP contribution in [0.2, 0.25) is 0 Å². The Kier molecular flexibility index (Phi) is 3.49. The lowest BCUT2D eigenvalue weighted by molar-refractivity contribution is 0.0123. The van der Waals surface area contributed by atoms with Gasteiger partial charge in [-0.2, -0.15) is 0 Å². The molecule has 0 bridgehead atoms. The summed E-state index contributed by atoms with van der Waals surface area (Å²) < 4.78 is 26.2. The first-order valence-electron chi connectivity index (χ1n) is 3.80. The highest BCUT2D eigenvalue weighted by Gasteiger charge is 2.37. The molecule has 1 fully saturated rings. The molecule has 0 N–H and O–H groups in total. The maximum absolute atomic E-state index is 12.6. The van der Waals surface area contributed by atoms with E-state index in [1.54, 1.807) is 0 Å². The maximum atomic E-state index is 12.6. The highest BCUT2D eigenvalue weighted by Crippen LogP contribution is 2.26. The molecule has 0 saturated carbocycles. The van der Waals surface area contributed by atoms with E-state index in [9.17, 15) is 8.78 Å². The molecule has 0 spiro atoms. The van der Waals surface area contributed by atoms with E-state index in [1.807, 2.05) is 4.90 Å². The van der Waals surface area contributed by atoms with Crippen molar-refractivity contribution in [1.82, 2.24) is 4.90 Å². The van der Waals surface area contributed by atoms with Crippen LogP contribution in [0.1, 0.15) is 12.8 Å². The number of halogens is 3. The van der Waals surface area contributed by atoms with E-state index in [4.69, 9.17) is 0 Å². The fourth-order valence-electron chi connectivity index (χ4n) is 1.28. The van der Waals surface area contributed by atoms with Crippen molar-refractivity contribution < 1.29 is 8.78 Å². The molecule has 0 atom stereocenters. The molecule has 1 aliphatic rings. The van der Waals surface area contributed by atoms with Crippen LogP contribution in [0.15, 0.2) is 0 Å². The third-order valence-electron chi connectivity index (χ3n) is 1.86. The van der Waals surface area contributed by atoms with Crippen molar-refractivity contribution in [3.63, 3.8) is 0 Å². The summed E-state index contributed by atoms with van der Waals surface area (Å²) in [5.41, 5.74) is 0. The molecule has 1 saturated heterocycles. The Bertz CT molecular complexity index is 130. The summed E-state index contributed by atoms with van der Waals surface area (Å²) in [5, 5.41) is 0. The molecule has 0 aromatic carbocycles. The van der Waals surface area contributed by atoms with Gasteiger partial charge in [0.15, 0.2) is 0 Å². The number of nitrogens with zero attached hydrogens (tertiary/aromatic N) is 1. The Hall–Kier alpha value is 0.550. The Balaban J connectivity index is 2.20. The van der Waals surface area contributed by atoms with Crippen molar-refractivity contribution >= 4 is 22.6 Å². The van der Waals surface area contributed by atoms with Crippen LogP contribution in [0.25, 0.3) is 0 Å². The van der Waals surface area contributed by atoms with Gasteiger partial charge in [-0.3, -0.25) is 4.90 Å². The lowest BCUT2D eigenvalue weighted by Crippen LogP contribution is -2.26. The Morgan fingerprint density at radius 3 is 2.64 bits per heavy atom. The Morgan fingerprint density at radius 1 is 1.45 bits per heavy atom. The molecule has 1 nitrogen and oxygen atoms in total. The quantitative estimate of drug-likeness (QED) is 0.563. The number of hydrogen-bond donors (Lipinski definition) is 0. The van der Waals surface area contributed by atoms with Gasteiger partial charge in [0.2, 0.25) is 0 Å². The van der Waals surface area contributed by atoms with Gasteiger partial charge >= 0.3 is 0 Å². The van der Waals surface area contributed by atoms with Crippen LogP contribution in [0, 0.1) is 0 Å². The van der Waals surface area contributed by atoms with Crippen LogP contribution < -0.4 is 0 Å². The van der Waals surface area contributed by atoms with Gasteiger partial charge in [-0.15, -0.1) is 0 Å². The van der Waals surface area contributed by atoms with Gasteiger partial charge in [0.1, 0.15) is 0 Å². The highest BCUT2D eigenvalue weighted by atomic mass is 127. The zero-order chi connectivity index (χ0) is 8.32. The van der Waals surface area contributed by atoms with Crippen molar-refractivity contribution in [3.8, 4) is 0 Å². The first-order chi connectivity index (χ1) is 5.14. The van der Waals surface area contributed by atoms with Crippen LogP contribution in [0.3, 0.4) is 0 Å². The molecule has 11 heavy (non-hydrogen) atoms. The van der Waals surface area contributed by atoms with Gasteiger partial charge in [0.25, 0.3) is 5.92 Å². The second-order valence-corrected chi connectivity index (χ2v) is 4.00. The molecule has 0 aliphatic carbocycles. The largest absolute Gasteiger partial charge is 0.297 e. The minimum absolute atomic E-state index is 0.0242. The summed E-state index contributed by atoms with van der Waals surface area (Å²) in [4.78, 5) is 1.85. The minimum Gasteiger partial charge on any atom is -0.297 e. The van der Waals surface area contributed by atoms with Crippen LogP contribution in [-0.4, -0.2) is 34.9 Å². The van der Waals surface area contributed by atoms with Crippen molar-refractivity contribution in [3.05, 3.63) is 0 Å². The van der Waals surface area contributed by atoms with E-state index in [1.165, 1.54) is 0 Å². The molecule has 0 unspecified atom stereocenters. The first-order valence-corrected chi connectivity index (χ1v) is 5.33. The molecule has 1 rings (SSSR count). The normalized spacial score (nSPS) is 24.3. The lowest BCUT2D eigenvalue weighted by atomic mass is 10.3. The van der Waals surface area contributed by atoms with Crippen molar-refractivity contribution in [1.29, 1.82) is 0 Å². The smallest absolute Gasteiger partial charge is 0.261 e. The average molecular weight is 275 g/mol. The van der Waals surface area contributed by atoms with E-state index < -0.39 is 5.92 Å². The highest BCUT2D eigenvalue weighted by molar-refractivity contribution is 14.1. The van der Waals surface area contributed by atoms with Gasteiger partial charge in [-0.25, -0.2) is 8.78 Å². The van der Waals surface area contributed by atoms with Crippen LogP contribution in [-0.2, 0) is 0 Å². The van der Waals surface area contributed by atoms with Crippen molar-refractivity contribution in [2.75, 3.05) is 24.1 Å². The summed E-state index contributed by atoms with van der Waals surface area (Å²) in [5.74, 6) is -2.41. The average Bonchev–Trinajstić information content (AvgIpc) is 2.26. The van der Waals surface area contributed by atoms with E-state index in [0.717, 1.165) is 17.4 Å². The molecular formula is C7H12F2IN. The van der Waals surface area contributed by atoms with Crippen molar-refractivity contribution in [2.24, 2.45) is 0 Å². The second kappa shape index (κ2) is 3.98. The van der Waals surface area contributed by atoms with Crippen molar-refractivity contribution in [2.45, 2.75) is 18.8 Å². The first kappa shape index (κ1) is 9.64. The molecule has 66 valence electrons. The van der Waals surface area contributed by atoms with Gasteiger partial charge in [-0.1, -0.05) is 22.6 Å². The SMILES string of the molecule is FC1(F)CCN(CCCI)C1. The molecular weight excluding hydrogens is 263 g/mol. The van der Waals surface area contributed by atoms with E-state index in [0.29, 0.717) is 6.54 Å². The third kappa shape index (κ3) is 3.19. The van der Waals surface area contributed by atoms with E-state index in [2.05, 4.69) is 22.6 Å². The summed E-state index contributed by atoms with van der Waals surface area (Å²) in [7, 11) is 0. The number of alkyl halides is 3. The zero-order valence-electron chi connectivity index (χ0n) is 6.32. The van der Waals surface area contributed by atoms with Crippen LogP contribution in [0.5, 0.6) is 0 Å². The predicted octanol–water partition coefficient (Wildman–Crippen LogP) is 2.15. The van der Waals surface area contributed by atoms with E-state index in [-0.39, 0.29) is 13.0 Å². The standard InChI is InChI=1S/C7H12F2IN/c8-7(9)2-5-11(6-7)4-1-3-10/h1-6H2. The monoisotopic (exact) mass is 275 g/mol. The Labute approximate surface area is 79.3 Å². The number of likely N-dealkylation sites (tertiary alicyclic amines) is 1. The topological polar surface area (TPSA) is 3.24 Å². The molecule has 4 heteroatoms. The summed E-state index contributed by atoms with van der Waals surface area (Å²) in [6.45, 7) is 1.38. The summed E-state index contributed by atoms with van der Waals surface area (Å²) in [6, 6.07) is 0. The fourth-order valence-corrected chi connectivity index (χ4v) is 1.62. The Morgan fingerprint density at radius 2 is 2.18 bits per heavy atom. The maximum Gasteiger partial charge on any atom is 0.261 e. The number of rotatable bonds is 3. The van der Waals surface area contributed by atoms with Crippen LogP contribution in [0.4, 0.5) is 8.78 Å². The number of hydrogen-bond acceptors (Lipinski definition) is 1. The molecule has 0 radical (unpaired) electrons. The van der Waals surface area contributed by atoms with E-state index >= 15 is 0 Å². The fraction of sp³-hybridized carbons (Fsp3) is 1.00.